The fourth-order valence-corrected chi connectivity index (χ4v) is 1.75. The van der Waals surface area contributed by atoms with Gasteiger partial charge in [0.05, 0.1) is 5.69 Å². The number of H-pyrrole nitrogens is 1. The molecule has 0 unspecified atom stereocenters. The Hall–Kier alpha value is -2.10. The number of Topliss-reactive ketones (excluding diaryl/α,β-unsaturated/α-hetero) is 1. The smallest absolute Gasteiger partial charge is 0.305 e. The van der Waals surface area contributed by atoms with Crippen molar-refractivity contribution < 1.29 is 14.3 Å². The van der Waals surface area contributed by atoms with Crippen LogP contribution in [-0.2, 0) is 16.1 Å². The average Bonchev–Trinajstić information content (AvgIpc) is 2.77. The van der Waals surface area contributed by atoms with E-state index in [1.807, 2.05) is 18.2 Å². The lowest BCUT2D eigenvalue weighted by atomic mass is 10.1. The quantitative estimate of drug-likeness (QED) is 0.665. The van der Waals surface area contributed by atoms with E-state index in [4.69, 9.17) is 4.74 Å². The average molecular weight is 245 g/mol. The van der Waals surface area contributed by atoms with Crippen molar-refractivity contribution in [3.05, 3.63) is 35.5 Å². The van der Waals surface area contributed by atoms with Gasteiger partial charge in [0.15, 0.2) is 5.78 Å². The van der Waals surface area contributed by atoms with E-state index in [1.54, 1.807) is 13.0 Å². The van der Waals surface area contributed by atoms with Crippen LogP contribution in [0.15, 0.2) is 24.3 Å². The molecule has 1 heterocycles. The Kier molecular flexibility index (Phi) is 3.46. The largest absolute Gasteiger partial charge is 0.459 e. The number of hydrogen-bond acceptors (Lipinski definition) is 3. The van der Waals surface area contributed by atoms with Crippen molar-refractivity contribution in [2.45, 2.75) is 26.9 Å². The maximum atomic E-state index is 11.3. The van der Waals surface area contributed by atoms with Crippen molar-refractivity contribution >= 4 is 22.7 Å². The van der Waals surface area contributed by atoms with Crippen LogP contribution in [0.5, 0.6) is 0 Å². The second-order valence-electron chi connectivity index (χ2n) is 4.17. The first-order valence-corrected chi connectivity index (χ1v) is 5.88. The van der Waals surface area contributed by atoms with Crippen LogP contribution < -0.4 is 0 Å². The molecule has 0 aliphatic carbocycles. The van der Waals surface area contributed by atoms with E-state index in [2.05, 4.69) is 4.98 Å². The van der Waals surface area contributed by atoms with Crippen LogP contribution in [0.25, 0.3) is 10.9 Å². The summed E-state index contributed by atoms with van der Waals surface area (Å²) in [6, 6.07) is 7.37. The molecule has 0 spiro atoms. The molecule has 0 radical (unpaired) electrons. The highest BCUT2D eigenvalue weighted by Crippen LogP contribution is 2.18. The minimum atomic E-state index is -0.224. The predicted octanol–water partition coefficient (Wildman–Crippen LogP) is 2.82. The summed E-state index contributed by atoms with van der Waals surface area (Å²) in [6.45, 7) is 3.53. The molecule has 0 amide bonds. The van der Waals surface area contributed by atoms with E-state index in [1.165, 1.54) is 6.92 Å². The van der Waals surface area contributed by atoms with E-state index < -0.39 is 0 Å². The number of rotatable bonds is 4. The number of carbonyl (C=O) groups excluding carboxylic acids is 2. The summed E-state index contributed by atoms with van der Waals surface area (Å²) in [6.07, 6.45) is 0.370. The number of benzene rings is 1. The lowest BCUT2D eigenvalue weighted by molar-refractivity contribution is -0.144. The van der Waals surface area contributed by atoms with Gasteiger partial charge in [0.25, 0.3) is 0 Å². The van der Waals surface area contributed by atoms with Crippen LogP contribution in [0, 0.1) is 0 Å². The second kappa shape index (κ2) is 5.04. The van der Waals surface area contributed by atoms with E-state index >= 15 is 0 Å². The molecular formula is C14H15NO3. The molecule has 1 N–H and O–H groups in total. The van der Waals surface area contributed by atoms with Crippen LogP contribution in [0.4, 0.5) is 0 Å². The van der Waals surface area contributed by atoms with Crippen molar-refractivity contribution in [1.82, 2.24) is 4.98 Å². The summed E-state index contributed by atoms with van der Waals surface area (Å²) in [5, 5.41) is 0.949. The van der Waals surface area contributed by atoms with E-state index in [0.717, 1.165) is 16.6 Å². The Bertz CT molecular complexity index is 598. The van der Waals surface area contributed by atoms with Crippen molar-refractivity contribution in [2.24, 2.45) is 0 Å². The van der Waals surface area contributed by atoms with Crippen LogP contribution in [-0.4, -0.2) is 16.7 Å². The molecule has 2 rings (SSSR count). The van der Waals surface area contributed by atoms with Gasteiger partial charge in [0.2, 0.25) is 0 Å². The first-order valence-electron chi connectivity index (χ1n) is 5.88. The van der Waals surface area contributed by atoms with Gasteiger partial charge in [-0.3, -0.25) is 9.59 Å². The highest BCUT2D eigenvalue weighted by atomic mass is 16.5. The molecule has 0 fully saturated rings. The Labute approximate surface area is 105 Å². The second-order valence-corrected chi connectivity index (χ2v) is 4.17. The normalized spacial score (nSPS) is 10.6. The molecular weight excluding hydrogens is 230 g/mol. The summed E-state index contributed by atoms with van der Waals surface area (Å²) in [4.78, 5) is 25.5. The summed E-state index contributed by atoms with van der Waals surface area (Å²) >= 11 is 0. The summed E-state index contributed by atoms with van der Waals surface area (Å²) in [5.74, 6) is -0.185. The van der Waals surface area contributed by atoms with Crippen molar-refractivity contribution in [3.8, 4) is 0 Å². The van der Waals surface area contributed by atoms with Gasteiger partial charge in [-0.2, -0.15) is 0 Å². The third-order valence-electron chi connectivity index (χ3n) is 2.76. The van der Waals surface area contributed by atoms with E-state index in [9.17, 15) is 9.59 Å². The fraction of sp³-hybridized carbons (Fsp3) is 0.286. The van der Waals surface area contributed by atoms with Crippen LogP contribution in [0.1, 0.15) is 36.3 Å². The van der Waals surface area contributed by atoms with Crippen molar-refractivity contribution in [3.63, 3.8) is 0 Å². The summed E-state index contributed by atoms with van der Waals surface area (Å²) in [5.41, 5.74) is 2.44. The first-order chi connectivity index (χ1) is 8.60. The Balaban J connectivity index is 2.22. The molecule has 0 aliphatic rings. The number of carbonyl (C=O) groups is 2. The Morgan fingerprint density at radius 1 is 1.28 bits per heavy atom. The molecule has 4 heteroatoms. The van der Waals surface area contributed by atoms with Gasteiger partial charge in [-0.05, 0) is 31.2 Å². The lowest BCUT2D eigenvalue weighted by Gasteiger charge is -1.99. The summed E-state index contributed by atoms with van der Waals surface area (Å²) in [7, 11) is 0. The highest BCUT2D eigenvalue weighted by molar-refractivity contribution is 5.98. The number of ketones is 1. The number of aromatic amines is 1. The molecule has 1 aromatic heterocycles. The van der Waals surface area contributed by atoms with Crippen molar-refractivity contribution in [1.29, 1.82) is 0 Å². The van der Waals surface area contributed by atoms with Gasteiger partial charge in [-0.1, -0.05) is 6.92 Å². The highest BCUT2D eigenvalue weighted by Gasteiger charge is 2.06. The lowest BCUT2D eigenvalue weighted by Crippen LogP contribution is -2.02. The zero-order chi connectivity index (χ0) is 13.1. The molecule has 18 heavy (non-hydrogen) atoms. The number of aromatic nitrogens is 1. The number of hydrogen-bond donors (Lipinski definition) is 1. The molecule has 0 saturated heterocycles. The first kappa shape index (κ1) is 12.4. The Morgan fingerprint density at radius 3 is 2.72 bits per heavy atom. The minimum Gasteiger partial charge on any atom is -0.459 e. The van der Waals surface area contributed by atoms with Gasteiger partial charge in [-0.15, -0.1) is 0 Å². The monoisotopic (exact) mass is 245 g/mol. The van der Waals surface area contributed by atoms with Gasteiger partial charge >= 0.3 is 5.97 Å². The summed E-state index contributed by atoms with van der Waals surface area (Å²) < 4.78 is 5.05. The maximum Gasteiger partial charge on any atom is 0.305 e. The molecule has 4 nitrogen and oxygen atoms in total. The van der Waals surface area contributed by atoms with Crippen LogP contribution in [0.2, 0.25) is 0 Å². The Morgan fingerprint density at radius 2 is 2.06 bits per heavy atom. The molecule has 0 atom stereocenters. The third-order valence-corrected chi connectivity index (χ3v) is 2.76. The van der Waals surface area contributed by atoms with Crippen LogP contribution in [0.3, 0.4) is 0 Å². The number of fused-ring (bicyclic) bond motifs is 1. The fourth-order valence-electron chi connectivity index (χ4n) is 1.75. The molecule has 94 valence electrons. The van der Waals surface area contributed by atoms with Gasteiger partial charge in [0.1, 0.15) is 6.61 Å². The zero-order valence-corrected chi connectivity index (χ0v) is 10.4. The molecule has 1 aromatic carbocycles. The standard InChI is InChI=1S/C14H15NO3/c1-3-14(17)18-8-12-7-11-6-10(9(2)16)4-5-13(11)15-12/h4-7,15H,3,8H2,1-2H3. The van der Waals surface area contributed by atoms with Crippen molar-refractivity contribution in [2.75, 3.05) is 0 Å². The van der Waals surface area contributed by atoms with E-state index in [0.29, 0.717) is 12.0 Å². The molecule has 0 bridgehead atoms. The van der Waals surface area contributed by atoms with Gasteiger partial charge < -0.3 is 9.72 Å². The predicted molar refractivity (Wildman–Crippen MR) is 68.4 cm³/mol. The topological polar surface area (TPSA) is 59.2 Å². The van der Waals surface area contributed by atoms with Gasteiger partial charge in [0, 0.05) is 22.9 Å². The maximum absolute atomic E-state index is 11.3. The molecule has 2 aromatic rings. The number of ether oxygens (including phenoxy) is 1. The number of esters is 1. The number of nitrogens with one attached hydrogen (secondary N) is 1. The minimum absolute atomic E-state index is 0.0389. The zero-order valence-electron chi connectivity index (χ0n) is 10.4. The SMILES string of the molecule is CCC(=O)OCc1cc2cc(C(C)=O)ccc2[nH]1. The van der Waals surface area contributed by atoms with E-state index in [-0.39, 0.29) is 18.4 Å². The van der Waals surface area contributed by atoms with Gasteiger partial charge in [-0.25, -0.2) is 0 Å². The molecule has 0 aliphatic heterocycles. The third kappa shape index (κ3) is 2.59. The van der Waals surface area contributed by atoms with Crippen LogP contribution >= 0.6 is 0 Å². The molecule has 0 saturated carbocycles.